The number of halogens is 1. The summed E-state index contributed by atoms with van der Waals surface area (Å²) in [5, 5.41) is 4.61. The maximum Gasteiger partial charge on any atom is 0.148 e. The van der Waals surface area contributed by atoms with Crippen LogP contribution in [0.15, 0.2) is 27.3 Å². The van der Waals surface area contributed by atoms with Gasteiger partial charge in [0.2, 0.25) is 0 Å². The number of fused-ring (bicyclic) bond motifs is 1. The van der Waals surface area contributed by atoms with Crippen molar-refractivity contribution >= 4 is 26.9 Å². The SMILES string of the molecule is COc1cc(Br)c2occ(CNC3CC3)c2c1. The number of hydrogen-bond donors (Lipinski definition) is 1. The van der Waals surface area contributed by atoms with Crippen molar-refractivity contribution in [3.63, 3.8) is 0 Å². The lowest BCUT2D eigenvalue weighted by molar-refractivity contribution is 0.415. The quantitative estimate of drug-likeness (QED) is 0.938. The van der Waals surface area contributed by atoms with Gasteiger partial charge >= 0.3 is 0 Å². The molecule has 4 heteroatoms. The smallest absolute Gasteiger partial charge is 0.148 e. The Bertz CT molecular complexity index is 546. The zero-order valence-electron chi connectivity index (χ0n) is 9.63. The molecule has 1 aliphatic rings. The average molecular weight is 296 g/mol. The standard InChI is InChI=1S/C13H14BrNO2/c1-16-10-4-11-8(6-15-9-2-3-9)7-17-13(11)12(14)5-10/h4-5,7,9,15H,2-3,6H2,1H3. The van der Waals surface area contributed by atoms with Crippen LogP contribution in [0.25, 0.3) is 11.0 Å². The fourth-order valence-corrected chi connectivity index (χ4v) is 2.45. The van der Waals surface area contributed by atoms with Gasteiger partial charge in [0.25, 0.3) is 0 Å². The van der Waals surface area contributed by atoms with Crippen LogP contribution in [0.3, 0.4) is 0 Å². The Balaban J connectivity index is 1.96. The predicted octanol–water partition coefficient (Wildman–Crippen LogP) is 3.46. The highest BCUT2D eigenvalue weighted by atomic mass is 79.9. The highest BCUT2D eigenvalue weighted by molar-refractivity contribution is 9.10. The molecule has 1 aromatic carbocycles. The maximum absolute atomic E-state index is 5.59. The number of benzene rings is 1. The molecule has 1 N–H and O–H groups in total. The van der Waals surface area contributed by atoms with Gasteiger partial charge in [-0.25, -0.2) is 0 Å². The molecule has 2 aromatic rings. The minimum absolute atomic E-state index is 0.703. The van der Waals surface area contributed by atoms with Gasteiger partial charge in [-0.05, 0) is 40.9 Å². The number of ether oxygens (including phenoxy) is 1. The van der Waals surface area contributed by atoms with Crippen LogP contribution in [0, 0.1) is 0 Å². The number of hydrogen-bond acceptors (Lipinski definition) is 3. The second kappa shape index (κ2) is 4.35. The Labute approximate surface area is 108 Å². The fourth-order valence-electron chi connectivity index (χ4n) is 1.92. The monoisotopic (exact) mass is 295 g/mol. The zero-order valence-corrected chi connectivity index (χ0v) is 11.2. The summed E-state index contributed by atoms with van der Waals surface area (Å²) in [5.74, 6) is 0.846. The molecule has 1 aromatic heterocycles. The minimum Gasteiger partial charge on any atom is -0.497 e. The number of furan rings is 1. The molecule has 0 spiro atoms. The third kappa shape index (κ3) is 2.19. The van der Waals surface area contributed by atoms with E-state index in [1.807, 2.05) is 18.4 Å². The lowest BCUT2D eigenvalue weighted by atomic mass is 10.1. The maximum atomic E-state index is 5.59. The Morgan fingerprint density at radius 3 is 3.00 bits per heavy atom. The highest BCUT2D eigenvalue weighted by Gasteiger charge is 2.21. The molecule has 0 amide bonds. The third-order valence-electron chi connectivity index (χ3n) is 3.08. The Morgan fingerprint density at radius 1 is 1.47 bits per heavy atom. The molecular weight excluding hydrogens is 282 g/mol. The van der Waals surface area contributed by atoms with E-state index in [1.165, 1.54) is 18.4 Å². The van der Waals surface area contributed by atoms with Gasteiger partial charge in [0, 0.05) is 23.5 Å². The first kappa shape index (κ1) is 11.1. The van der Waals surface area contributed by atoms with Crippen LogP contribution >= 0.6 is 15.9 Å². The molecule has 0 unspecified atom stereocenters. The molecule has 0 aliphatic heterocycles. The van der Waals surface area contributed by atoms with E-state index in [0.29, 0.717) is 6.04 Å². The molecule has 90 valence electrons. The summed E-state index contributed by atoms with van der Waals surface area (Å²) in [7, 11) is 1.68. The highest BCUT2D eigenvalue weighted by Crippen LogP contribution is 2.33. The molecule has 3 nitrogen and oxygen atoms in total. The van der Waals surface area contributed by atoms with Gasteiger partial charge in [0.1, 0.15) is 11.3 Å². The summed E-state index contributed by atoms with van der Waals surface area (Å²) in [6.45, 7) is 0.858. The molecule has 1 heterocycles. The van der Waals surface area contributed by atoms with Gasteiger partial charge in [-0.2, -0.15) is 0 Å². The average Bonchev–Trinajstić information content (AvgIpc) is 3.07. The summed E-state index contributed by atoms with van der Waals surface area (Å²) in [5.41, 5.74) is 2.07. The minimum atomic E-state index is 0.703. The van der Waals surface area contributed by atoms with Crippen molar-refractivity contribution in [2.24, 2.45) is 0 Å². The molecule has 0 bridgehead atoms. The Kier molecular flexibility index (Phi) is 2.84. The molecule has 0 atom stereocenters. The second-order valence-electron chi connectivity index (χ2n) is 4.40. The predicted molar refractivity (Wildman–Crippen MR) is 70.3 cm³/mol. The second-order valence-corrected chi connectivity index (χ2v) is 5.26. The van der Waals surface area contributed by atoms with Crippen molar-refractivity contribution in [3.8, 4) is 5.75 Å². The largest absolute Gasteiger partial charge is 0.497 e. The zero-order chi connectivity index (χ0) is 11.8. The molecule has 0 saturated heterocycles. The lowest BCUT2D eigenvalue weighted by Crippen LogP contribution is -2.14. The molecule has 1 fully saturated rings. The van der Waals surface area contributed by atoms with Gasteiger partial charge in [-0.1, -0.05) is 0 Å². The van der Waals surface area contributed by atoms with E-state index in [0.717, 1.165) is 27.7 Å². The van der Waals surface area contributed by atoms with Crippen LogP contribution in [0.1, 0.15) is 18.4 Å². The van der Waals surface area contributed by atoms with Crippen molar-refractivity contribution in [3.05, 3.63) is 28.4 Å². The van der Waals surface area contributed by atoms with Gasteiger partial charge in [0.15, 0.2) is 0 Å². The number of nitrogens with one attached hydrogen (secondary N) is 1. The van der Waals surface area contributed by atoms with E-state index in [4.69, 9.17) is 9.15 Å². The van der Waals surface area contributed by atoms with Crippen molar-refractivity contribution in [1.29, 1.82) is 0 Å². The van der Waals surface area contributed by atoms with E-state index in [9.17, 15) is 0 Å². The summed E-state index contributed by atoms with van der Waals surface area (Å²) in [4.78, 5) is 0. The van der Waals surface area contributed by atoms with E-state index < -0.39 is 0 Å². The molecule has 1 aliphatic carbocycles. The van der Waals surface area contributed by atoms with Crippen molar-refractivity contribution < 1.29 is 9.15 Å². The fraction of sp³-hybridized carbons (Fsp3) is 0.385. The summed E-state index contributed by atoms with van der Waals surface area (Å²) in [6, 6.07) is 4.64. The van der Waals surface area contributed by atoms with Gasteiger partial charge in [-0.15, -0.1) is 0 Å². The summed E-state index contributed by atoms with van der Waals surface area (Å²) < 4.78 is 11.8. The first-order valence-electron chi connectivity index (χ1n) is 5.75. The van der Waals surface area contributed by atoms with Crippen molar-refractivity contribution in [2.45, 2.75) is 25.4 Å². The van der Waals surface area contributed by atoms with Crippen LogP contribution in [0.4, 0.5) is 0 Å². The van der Waals surface area contributed by atoms with Crippen molar-refractivity contribution in [1.82, 2.24) is 5.32 Å². The van der Waals surface area contributed by atoms with Gasteiger partial charge in [0.05, 0.1) is 17.8 Å². The first-order chi connectivity index (χ1) is 8.28. The van der Waals surface area contributed by atoms with Crippen LogP contribution in [-0.2, 0) is 6.54 Å². The van der Waals surface area contributed by atoms with Crippen LogP contribution in [-0.4, -0.2) is 13.2 Å². The topological polar surface area (TPSA) is 34.4 Å². The number of rotatable bonds is 4. The van der Waals surface area contributed by atoms with Gasteiger partial charge in [-0.3, -0.25) is 0 Å². The van der Waals surface area contributed by atoms with Crippen LogP contribution < -0.4 is 10.1 Å². The molecule has 3 rings (SSSR count). The van der Waals surface area contributed by atoms with Crippen LogP contribution in [0.2, 0.25) is 0 Å². The Hall–Kier alpha value is -1.00. The summed E-state index contributed by atoms with van der Waals surface area (Å²) in [6.07, 6.45) is 4.41. The lowest BCUT2D eigenvalue weighted by Gasteiger charge is -2.03. The molecular formula is C13H14BrNO2. The van der Waals surface area contributed by atoms with E-state index in [1.54, 1.807) is 7.11 Å². The van der Waals surface area contributed by atoms with Crippen molar-refractivity contribution in [2.75, 3.05) is 7.11 Å². The van der Waals surface area contributed by atoms with E-state index >= 15 is 0 Å². The Morgan fingerprint density at radius 2 is 2.29 bits per heavy atom. The van der Waals surface area contributed by atoms with Gasteiger partial charge < -0.3 is 14.5 Å². The first-order valence-corrected chi connectivity index (χ1v) is 6.54. The third-order valence-corrected chi connectivity index (χ3v) is 3.67. The van der Waals surface area contributed by atoms with E-state index in [2.05, 4.69) is 21.2 Å². The number of methoxy groups -OCH3 is 1. The normalized spacial score (nSPS) is 15.4. The van der Waals surface area contributed by atoms with E-state index in [-0.39, 0.29) is 0 Å². The summed E-state index contributed by atoms with van der Waals surface area (Å²) >= 11 is 3.50. The molecule has 0 radical (unpaired) electrons. The molecule has 17 heavy (non-hydrogen) atoms. The molecule has 1 saturated carbocycles. The van der Waals surface area contributed by atoms with Crippen LogP contribution in [0.5, 0.6) is 5.75 Å².